The van der Waals surface area contributed by atoms with Crippen LogP contribution in [0.3, 0.4) is 0 Å². The number of hydrogen-bond acceptors (Lipinski definition) is 4. The van der Waals surface area contributed by atoms with E-state index in [9.17, 15) is 4.79 Å². The summed E-state index contributed by atoms with van der Waals surface area (Å²) in [5, 5.41) is 11.9. The zero-order valence-electron chi connectivity index (χ0n) is 11.7. The first-order valence-electron chi connectivity index (χ1n) is 6.89. The summed E-state index contributed by atoms with van der Waals surface area (Å²) in [6.07, 6.45) is 8.87. The topological polar surface area (TPSA) is 75.1 Å². The Labute approximate surface area is 114 Å². The number of unbranched alkanes of at least 4 members (excludes halogenated alkanes) is 3. The molecule has 0 aliphatic heterocycles. The molecule has 0 amide bonds. The Morgan fingerprint density at radius 2 is 2.00 bits per heavy atom. The minimum absolute atomic E-state index is 0.0260. The van der Waals surface area contributed by atoms with E-state index in [-0.39, 0.29) is 5.69 Å². The van der Waals surface area contributed by atoms with Crippen molar-refractivity contribution in [3.05, 3.63) is 18.1 Å². The van der Waals surface area contributed by atoms with Gasteiger partial charge in [-0.3, -0.25) is 4.98 Å². The van der Waals surface area contributed by atoms with Gasteiger partial charge in [-0.05, 0) is 12.3 Å². The maximum atomic E-state index is 10.7. The molecule has 0 aliphatic rings. The zero-order valence-corrected chi connectivity index (χ0v) is 11.7. The second kappa shape index (κ2) is 8.45. The van der Waals surface area contributed by atoms with Crippen LogP contribution in [0.25, 0.3) is 0 Å². The van der Waals surface area contributed by atoms with Gasteiger partial charge in [0, 0.05) is 6.54 Å². The van der Waals surface area contributed by atoms with Crippen LogP contribution in [-0.4, -0.2) is 27.6 Å². The normalized spacial score (nSPS) is 10.7. The predicted molar refractivity (Wildman–Crippen MR) is 75.4 cm³/mol. The molecular weight excluding hydrogens is 242 g/mol. The van der Waals surface area contributed by atoms with Gasteiger partial charge in [0.15, 0.2) is 5.69 Å². The fourth-order valence-electron chi connectivity index (χ4n) is 1.80. The Hall–Kier alpha value is -1.65. The zero-order chi connectivity index (χ0) is 14.1. The van der Waals surface area contributed by atoms with E-state index in [1.54, 1.807) is 6.20 Å². The summed E-state index contributed by atoms with van der Waals surface area (Å²) < 4.78 is 0. The molecule has 0 bridgehead atoms. The number of nitrogens with one attached hydrogen (secondary N) is 1. The van der Waals surface area contributed by atoms with Crippen LogP contribution in [0.2, 0.25) is 0 Å². The summed E-state index contributed by atoms with van der Waals surface area (Å²) in [6.45, 7) is 5.30. The number of carbonyl (C=O) groups is 1. The Bertz CT molecular complexity index is 394. The quantitative estimate of drug-likeness (QED) is 0.671. The number of carboxylic acid groups (broad SMARTS) is 1. The largest absolute Gasteiger partial charge is 0.476 e. The van der Waals surface area contributed by atoms with Crippen molar-refractivity contribution in [3.8, 4) is 0 Å². The molecule has 1 aromatic heterocycles. The van der Waals surface area contributed by atoms with Crippen LogP contribution in [0.1, 0.15) is 56.4 Å². The second-order valence-electron chi connectivity index (χ2n) is 5.12. The number of aromatic carboxylic acids is 1. The van der Waals surface area contributed by atoms with Crippen molar-refractivity contribution in [2.45, 2.75) is 46.0 Å². The van der Waals surface area contributed by atoms with E-state index < -0.39 is 5.97 Å². The number of rotatable bonds is 9. The highest BCUT2D eigenvalue weighted by Gasteiger charge is 2.05. The van der Waals surface area contributed by atoms with E-state index in [1.165, 1.54) is 31.9 Å². The van der Waals surface area contributed by atoms with Gasteiger partial charge in [0.2, 0.25) is 0 Å². The molecule has 0 radical (unpaired) electrons. The molecule has 2 N–H and O–H groups in total. The molecule has 0 aliphatic carbocycles. The first-order chi connectivity index (χ1) is 9.09. The number of aromatic nitrogens is 2. The monoisotopic (exact) mass is 265 g/mol. The van der Waals surface area contributed by atoms with Crippen LogP contribution in [0.4, 0.5) is 5.82 Å². The number of nitrogens with zero attached hydrogens (tertiary/aromatic N) is 2. The van der Waals surface area contributed by atoms with Gasteiger partial charge in [0.1, 0.15) is 5.82 Å². The molecule has 1 rings (SSSR count). The lowest BCUT2D eigenvalue weighted by atomic mass is 10.0. The molecule has 1 aromatic rings. The van der Waals surface area contributed by atoms with Crippen LogP contribution < -0.4 is 5.32 Å². The summed E-state index contributed by atoms with van der Waals surface area (Å²) in [6, 6.07) is 0. The van der Waals surface area contributed by atoms with Crippen molar-refractivity contribution in [2.75, 3.05) is 11.9 Å². The highest BCUT2D eigenvalue weighted by Crippen LogP contribution is 2.09. The number of carboxylic acids is 1. The molecule has 0 unspecified atom stereocenters. The molecule has 106 valence electrons. The molecule has 5 heteroatoms. The lowest BCUT2D eigenvalue weighted by molar-refractivity contribution is 0.0690. The molecular formula is C14H23N3O2. The molecule has 19 heavy (non-hydrogen) atoms. The summed E-state index contributed by atoms with van der Waals surface area (Å²) in [4.78, 5) is 18.5. The van der Waals surface area contributed by atoms with E-state index >= 15 is 0 Å². The van der Waals surface area contributed by atoms with Gasteiger partial charge < -0.3 is 10.4 Å². The molecule has 1 heterocycles. The van der Waals surface area contributed by atoms with E-state index in [0.717, 1.165) is 18.9 Å². The van der Waals surface area contributed by atoms with Gasteiger partial charge >= 0.3 is 5.97 Å². The molecule has 0 spiro atoms. The highest BCUT2D eigenvalue weighted by atomic mass is 16.4. The van der Waals surface area contributed by atoms with Crippen LogP contribution in [-0.2, 0) is 0 Å². The molecule has 0 fully saturated rings. The van der Waals surface area contributed by atoms with Crippen LogP contribution in [0.5, 0.6) is 0 Å². The summed E-state index contributed by atoms with van der Waals surface area (Å²) in [5.41, 5.74) is -0.0260. The van der Waals surface area contributed by atoms with E-state index in [0.29, 0.717) is 5.82 Å². The van der Waals surface area contributed by atoms with Crippen molar-refractivity contribution in [2.24, 2.45) is 5.92 Å². The summed E-state index contributed by atoms with van der Waals surface area (Å²) in [7, 11) is 0. The predicted octanol–water partition coefficient (Wildman–Crippen LogP) is 3.19. The third-order valence-corrected chi connectivity index (χ3v) is 2.87. The fraction of sp³-hybridized carbons (Fsp3) is 0.643. The van der Waals surface area contributed by atoms with Gasteiger partial charge in [-0.25, -0.2) is 9.78 Å². The van der Waals surface area contributed by atoms with Crippen molar-refractivity contribution >= 4 is 11.8 Å². The summed E-state index contributed by atoms with van der Waals surface area (Å²) in [5.74, 6) is 0.263. The Morgan fingerprint density at radius 3 is 2.68 bits per heavy atom. The lowest BCUT2D eigenvalue weighted by Gasteiger charge is -2.06. The second-order valence-corrected chi connectivity index (χ2v) is 5.12. The number of anilines is 1. The van der Waals surface area contributed by atoms with E-state index in [2.05, 4.69) is 29.1 Å². The maximum absolute atomic E-state index is 10.7. The SMILES string of the molecule is CC(C)CCCCCCNc1cncc(C(=O)O)n1. The summed E-state index contributed by atoms with van der Waals surface area (Å²) >= 11 is 0. The Morgan fingerprint density at radius 1 is 1.26 bits per heavy atom. The highest BCUT2D eigenvalue weighted by molar-refractivity contribution is 5.85. The van der Waals surface area contributed by atoms with Crippen molar-refractivity contribution in [3.63, 3.8) is 0 Å². The number of hydrogen-bond donors (Lipinski definition) is 2. The Kier molecular flexibility index (Phi) is 6.85. The van der Waals surface area contributed by atoms with Gasteiger partial charge in [-0.2, -0.15) is 0 Å². The van der Waals surface area contributed by atoms with Crippen molar-refractivity contribution < 1.29 is 9.90 Å². The molecule has 0 aromatic carbocycles. The van der Waals surface area contributed by atoms with Crippen molar-refractivity contribution in [1.29, 1.82) is 0 Å². The lowest BCUT2D eigenvalue weighted by Crippen LogP contribution is -2.07. The molecule has 0 atom stereocenters. The maximum Gasteiger partial charge on any atom is 0.356 e. The fourth-order valence-corrected chi connectivity index (χ4v) is 1.80. The van der Waals surface area contributed by atoms with Gasteiger partial charge in [0.25, 0.3) is 0 Å². The minimum atomic E-state index is -1.05. The van der Waals surface area contributed by atoms with Gasteiger partial charge in [-0.15, -0.1) is 0 Å². The molecule has 0 saturated carbocycles. The van der Waals surface area contributed by atoms with E-state index in [1.807, 2.05) is 0 Å². The van der Waals surface area contributed by atoms with Crippen LogP contribution in [0.15, 0.2) is 12.4 Å². The molecule has 5 nitrogen and oxygen atoms in total. The smallest absolute Gasteiger partial charge is 0.356 e. The van der Waals surface area contributed by atoms with Gasteiger partial charge in [0.05, 0.1) is 12.4 Å². The minimum Gasteiger partial charge on any atom is -0.476 e. The molecule has 0 saturated heterocycles. The first kappa shape index (κ1) is 15.4. The third-order valence-electron chi connectivity index (χ3n) is 2.87. The van der Waals surface area contributed by atoms with Gasteiger partial charge in [-0.1, -0.05) is 39.5 Å². The average Bonchev–Trinajstić information content (AvgIpc) is 2.37. The van der Waals surface area contributed by atoms with Crippen molar-refractivity contribution in [1.82, 2.24) is 9.97 Å². The van der Waals surface area contributed by atoms with Crippen LogP contribution in [0, 0.1) is 5.92 Å². The van der Waals surface area contributed by atoms with Crippen LogP contribution >= 0.6 is 0 Å². The standard InChI is InChI=1S/C14H23N3O2/c1-11(2)7-5-3-4-6-8-16-13-10-15-9-12(17-13)14(18)19/h9-11H,3-8H2,1-2H3,(H,16,17)(H,18,19). The first-order valence-corrected chi connectivity index (χ1v) is 6.89. The van der Waals surface area contributed by atoms with E-state index in [4.69, 9.17) is 5.11 Å². The Balaban J connectivity index is 2.15. The third kappa shape index (κ3) is 6.74. The average molecular weight is 265 g/mol.